The second kappa shape index (κ2) is 5.38. The first kappa shape index (κ1) is 15.8. The van der Waals surface area contributed by atoms with E-state index in [1.807, 2.05) is 0 Å². The zero-order valence-corrected chi connectivity index (χ0v) is 11.7. The second-order valence-corrected chi connectivity index (χ2v) is 4.86. The molecular formula is C11H12BrF3N2O2. The normalized spacial score (nSPS) is 14.7. The van der Waals surface area contributed by atoms with Gasteiger partial charge in [0.2, 0.25) is 0 Å². The molecule has 0 fully saturated rings. The van der Waals surface area contributed by atoms with Gasteiger partial charge in [-0.25, -0.2) is 0 Å². The molecule has 1 aromatic rings. The molecule has 0 aliphatic rings. The van der Waals surface area contributed by atoms with Crippen molar-refractivity contribution in [2.24, 2.45) is 5.73 Å². The molecule has 19 heavy (non-hydrogen) atoms. The lowest BCUT2D eigenvalue weighted by Gasteiger charge is -2.26. The summed E-state index contributed by atoms with van der Waals surface area (Å²) in [4.78, 5) is 11.5. The van der Waals surface area contributed by atoms with Gasteiger partial charge in [0, 0.05) is 5.69 Å². The minimum absolute atomic E-state index is 0.179. The Morgan fingerprint density at radius 2 is 2.00 bits per heavy atom. The first-order chi connectivity index (χ1) is 8.59. The molecule has 0 saturated carbocycles. The summed E-state index contributed by atoms with van der Waals surface area (Å²) in [7, 11) is 1.44. The smallest absolute Gasteiger partial charge is 0.415 e. The zero-order valence-electron chi connectivity index (χ0n) is 10.1. The number of hydrogen-bond donors (Lipinski definition) is 2. The van der Waals surface area contributed by atoms with Gasteiger partial charge in [0.05, 0.1) is 11.6 Å². The molecule has 1 rings (SSSR count). The van der Waals surface area contributed by atoms with Crippen LogP contribution in [0.3, 0.4) is 0 Å². The molecule has 0 aromatic heterocycles. The van der Waals surface area contributed by atoms with Crippen LogP contribution in [0.2, 0.25) is 0 Å². The third-order valence-corrected chi connectivity index (χ3v) is 3.09. The van der Waals surface area contributed by atoms with Crippen molar-refractivity contribution in [3.63, 3.8) is 0 Å². The number of nitrogens with two attached hydrogens (primary N) is 1. The highest BCUT2D eigenvalue weighted by atomic mass is 79.9. The number of benzene rings is 1. The van der Waals surface area contributed by atoms with Crippen LogP contribution >= 0.6 is 15.9 Å². The Kier molecular flexibility index (Phi) is 4.46. The van der Waals surface area contributed by atoms with Gasteiger partial charge >= 0.3 is 6.18 Å². The van der Waals surface area contributed by atoms with Gasteiger partial charge < -0.3 is 15.8 Å². The standard InChI is InChI=1S/C11H12BrF3N2O2/c1-10(16,11(13,14)15)9(18)17-6-3-4-8(19-2)7(12)5-6/h3-5H,16H2,1-2H3,(H,17,18). The van der Waals surface area contributed by atoms with E-state index in [0.717, 1.165) is 0 Å². The summed E-state index contributed by atoms with van der Waals surface area (Å²) in [6, 6.07) is 4.33. The molecule has 106 valence electrons. The fourth-order valence-corrected chi connectivity index (χ4v) is 1.67. The van der Waals surface area contributed by atoms with Gasteiger partial charge in [-0.1, -0.05) is 0 Å². The number of carbonyl (C=O) groups excluding carboxylic acids is 1. The molecule has 0 radical (unpaired) electrons. The third-order valence-electron chi connectivity index (χ3n) is 2.47. The van der Waals surface area contributed by atoms with Gasteiger partial charge in [0.15, 0.2) is 5.54 Å². The number of rotatable bonds is 3. The summed E-state index contributed by atoms with van der Waals surface area (Å²) in [5, 5.41) is 2.11. The van der Waals surface area contributed by atoms with E-state index in [1.165, 1.54) is 25.3 Å². The van der Waals surface area contributed by atoms with E-state index in [0.29, 0.717) is 17.1 Å². The number of alkyl halides is 3. The topological polar surface area (TPSA) is 64.3 Å². The highest BCUT2D eigenvalue weighted by molar-refractivity contribution is 9.10. The van der Waals surface area contributed by atoms with Crippen molar-refractivity contribution in [1.29, 1.82) is 0 Å². The number of methoxy groups -OCH3 is 1. The largest absolute Gasteiger partial charge is 0.496 e. The minimum atomic E-state index is -4.83. The van der Waals surface area contributed by atoms with Crippen LogP contribution in [-0.2, 0) is 4.79 Å². The molecule has 1 amide bonds. The molecule has 0 bridgehead atoms. The van der Waals surface area contributed by atoms with Crippen molar-refractivity contribution >= 4 is 27.5 Å². The SMILES string of the molecule is COc1ccc(NC(=O)C(C)(N)C(F)(F)F)cc1Br. The van der Waals surface area contributed by atoms with Crippen molar-refractivity contribution in [2.45, 2.75) is 18.6 Å². The van der Waals surface area contributed by atoms with Gasteiger partial charge in [-0.2, -0.15) is 13.2 Å². The van der Waals surface area contributed by atoms with Crippen LogP contribution in [0.15, 0.2) is 22.7 Å². The Bertz CT molecular complexity index is 489. The summed E-state index contributed by atoms with van der Waals surface area (Å²) in [6.07, 6.45) is -4.83. The minimum Gasteiger partial charge on any atom is -0.496 e. The maximum atomic E-state index is 12.6. The van der Waals surface area contributed by atoms with Crippen LogP contribution in [-0.4, -0.2) is 24.7 Å². The summed E-state index contributed by atoms with van der Waals surface area (Å²) in [5.74, 6) is -0.846. The second-order valence-electron chi connectivity index (χ2n) is 4.00. The van der Waals surface area contributed by atoms with Gasteiger partial charge in [-0.05, 0) is 41.1 Å². The van der Waals surface area contributed by atoms with E-state index < -0.39 is 17.6 Å². The summed E-state index contributed by atoms with van der Waals surface area (Å²) < 4.78 is 43.2. The van der Waals surface area contributed by atoms with E-state index in [2.05, 4.69) is 21.2 Å². The maximum Gasteiger partial charge on any atom is 0.415 e. The van der Waals surface area contributed by atoms with Crippen molar-refractivity contribution in [3.8, 4) is 5.75 Å². The van der Waals surface area contributed by atoms with Gasteiger partial charge in [-0.15, -0.1) is 0 Å². The number of halogens is 4. The van der Waals surface area contributed by atoms with Crippen molar-refractivity contribution in [2.75, 3.05) is 12.4 Å². The van der Waals surface area contributed by atoms with Crippen LogP contribution in [0.4, 0.5) is 18.9 Å². The lowest BCUT2D eigenvalue weighted by Crippen LogP contribution is -2.59. The average Bonchev–Trinajstić information content (AvgIpc) is 2.27. The van der Waals surface area contributed by atoms with E-state index in [9.17, 15) is 18.0 Å². The molecule has 3 N–H and O–H groups in total. The number of nitrogens with one attached hydrogen (secondary N) is 1. The fourth-order valence-electron chi connectivity index (χ4n) is 1.13. The zero-order chi connectivity index (χ0) is 14.8. The van der Waals surface area contributed by atoms with Crippen LogP contribution in [0, 0.1) is 0 Å². The Balaban J connectivity index is 2.92. The van der Waals surface area contributed by atoms with E-state index >= 15 is 0 Å². The monoisotopic (exact) mass is 340 g/mol. The average molecular weight is 341 g/mol. The predicted octanol–water partition coefficient (Wildman–Crippen LogP) is 2.68. The van der Waals surface area contributed by atoms with Crippen LogP contribution in [0.5, 0.6) is 5.75 Å². The number of hydrogen-bond acceptors (Lipinski definition) is 3. The number of carbonyl (C=O) groups is 1. The number of amides is 1. The molecule has 4 nitrogen and oxygen atoms in total. The van der Waals surface area contributed by atoms with Gasteiger partial charge in [-0.3, -0.25) is 4.79 Å². The van der Waals surface area contributed by atoms with Crippen LogP contribution < -0.4 is 15.8 Å². The third kappa shape index (κ3) is 3.38. The molecule has 0 aliphatic carbocycles. The molecule has 8 heteroatoms. The van der Waals surface area contributed by atoms with E-state index in [1.54, 1.807) is 0 Å². The molecule has 0 heterocycles. The maximum absolute atomic E-state index is 12.6. The van der Waals surface area contributed by atoms with Gasteiger partial charge in [0.1, 0.15) is 5.75 Å². The molecule has 1 unspecified atom stereocenters. The quantitative estimate of drug-likeness (QED) is 0.889. The lowest BCUT2D eigenvalue weighted by atomic mass is 10.0. The van der Waals surface area contributed by atoms with Crippen molar-refractivity contribution in [1.82, 2.24) is 0 Å². The molecule has 0 saturated heterocycles. The Morgan fingerprint density at radius 1 is 1.42 bits per heavy atom. The highest BCUT2D eigenvalue weighted by Gasteiger charge is 2.53. The van der Waals surface area contributed by atoms with Crippen molar-refractivity contribution < 1.29 is 22.7 Å². The first-order valence-electron chi connectivity index (χ1n) is 5.10. The number of ether oxygens (including phenoxy) is 1. The van der Waals surface area contributed by atoms with Crippen LogP contribution in [0.1, 0.15) is 6.92 Å². The molecule has 0 aliphatic heterocycles. The molecular weight excluding hydrogens is 329 g/mol. The van der Waals surface area contributed by atoms with Crippen molar-refractivity contribution in [3.05, 3.63) is 22.7 Å². The Hall–Kier alpha value is -1.28. The molecule has 0 spiro atoms. The fraction of sp³-hybridized carbons (Fsp3) is 0.364. The first-order valence-corrected chi connectivity index (χ1v) is 5.89. The highest BCUT2D eigenvalue weighted by Crippen LogP contribution is 2.31. The van der Waals surface area contributed by atoms with Gasteiger partial charge in [0.25, 0.3) is 5.91 Å². The van der Waals surface area contributed by atoms with E-state index in [4.69, 9.17) is 10.5 Å². The summed E-state index contributed by atoms with van der Waals surface area (Å²) in [5.41, 5.74) is 2.23. The lowest BCUT2D eigenvalue weighted by molar-refractivity contribution is -0.184. The molecule has 1 aromatic carbocycles. The van der Waals surface area contributed by atoms with E-state index in [-0.39, 0.29) is 5.69 Å². The Morgan fingerprint density at radius 3 is 2.42 bits per heavy atom. The number of anilines is 1. The summed E-state index contributed by atoms with van der Waals surface area (Å²) >= 11 is 3.16. The van der Waals surface area contributed by atoms with Crippen LogP contribution in [0.25, 0.3) is 0 Å². The molecule has 1 atom stereocenters. The Labute approximate surface area is 116 Å². The predicted molar refractivity (Wildman–Crippen MR) is 68.0 cm³/mol. The summed E-state index contributed by atoms with van der Waals surface area (Å²) in [6.45, 7) is 0.612.